The second kappa shape index (κ2) is 5.81. The fourth-order valence-electron chi connectivity index (χ4n) is 0.993. The van der Waals surface area contributed by atoms with Gasteiger partial charge in [0.2, 0.25) is 5.88 Å². The molecule has 0 saturated heterocycles. The first-order chi connectivity index (χ1) is 6.33. The Hall–Kier alpha value is -0.760. The van der Waals surface area contributed by atoms with Gasteiger partial charge in [-0.3, -0.25) is 0 Å². The van der Waals surface area contributed by atoms with Crippen LogP contribution in [-0.4, -0.2) is 11.6 Å². The monoisotopic (exact) mass is 199 g/mol. The zero-order valence-corrected chi connectivity index (χ0v) is 8.55. The van der Waals surface area contributed by atoms with E-state index in [0.29, 0.717) is 10.9 Å². The molecule has 0 saturated carbocycles. The molecule has 2 nitrogen and oxygen atoms in total. The molecule has 0 aromatic carbocycles. The van der Waals surface area contributed by atoms with Crippen LogP contribution < -0.4 is 4.74 Å². The smallest absolute Gasteiger partial charge is 0.214 e. The van der Waals surface area contributed by atoms with E-state index in [1.807, 2.05) is 0 Å². The lowest BCUT2D eigenvalue weighted by Gasteiger charge is -2.03. The summed E-state index contributed by atoms with van der Waals surface area (Å²) in [5, 5.41) is 0.667. The molecule has 3 heteroatoms. The molecule has 0 bridgehead atoms. The molecule has 0 amide bonds. The van der Waals surface area contributed by atoms with Crippen molar-refractivity contribution in [2.75, 3.05) is 6.61 Å². The molecule has 1 aromatic rings. The second-order valence-electron chi connectivity index (χ2n) is 2.87. The summed E-state index contributed by atoms with van der Waals surface area (Å²) in [5.74, 6) is 0.614. The van der Waals surface area contributed by atoms with E-state index in [9.17, 15) is 0 Å². The molecule has 72 valence electrons. The first-order valence-corrected chi connectivity index (χ1v) is 4.95. The maximum atomic E-state index is 5.76. The summed E-state index contributed by atoms with van der Waals surface area (Å²) in [7, 11) is 0. The maximum absolute atomic E-state index is 5.76. The van der Waals surface area contributed by atoms with Crippen molar-refractivity contribution in [3.8, 4) is 5.88 Å². The van der Waals surface area contributed by atoms with Gasteiger partial charge in [0.05, 0.1) is 6.61 Å². The van der Waals surface area contributed by atoms with Crippen LogP contribution >= 0.6 is 11.6 Å². The van der Waals surface area contributed by atoms with Crippen molar-refractivity contribution in [3.63, 3.8) is 0 Å². The van der Waals surface area contributed by atoms with Gasteiger partial charge in [0.25, 0.3) is 0 Å². The zero-order chi connectivity index (χ0) is 9.52. The number of unbranched alkanes of at least 4 members (excludes halogenated alkanes) is 2. The van der Waals surface area contributed by atoms with E-state index < -0.39 is 0 Å². The minimum Gasteiger partial charge on any atom is -0.478 e. The number of rotatable bonds is 5. The summed E-state index contributed by atoms with van der Waals surface area (Å²) in [6, 6.07) is 3.47. The standard InChI is InChI=1S/C10H14ClNO/c1-2-3-4-7-13-10-8-9(11)5-6-12-10/h5-6,8H,2-4,7H2,1H3. The number of ether oxygens (including phenoxy) is 1. The Morgan fingerprint density at radius 3 is 3.00 bits per heavy atom. The van der Waals surface area contributed by atoms with E-state index in [1.54, 1.807) is 18.3 Å². The number of aromatic nitrogens is 1. The molecule has 0 aliphatic carbocycles. The summed E-state index contributed by atoms with van der Waals surface area (Å²) >= 11 is 5.76. The topological polar surface area (TPSA) is 22.1 Å². The predicted molar refractivity (Wildman–Crippen MR) is 54.3 cm³/mol. The van der Waals surface area contributed by atoms with Gasteiger partial charge in [-0.25, -0.2) is 4.98 Å². The van der Waals surface area contributed by atoms with Crippen molar-refractivity contribution in [3.05, 3.63) is 23.4 Å². The van der Waals surface area contributed by atoms with Crippen LogP contribution in [0.3, 0.4) is 0 Å². The molecule has 0 fully saturated rings. The van der Waals surface area contributed by atoms with E-state index in [2.05, 4.69) is 11.9 Å². The number of nitrogens with zero attached hydrogens (tertiary/aromatic N) is 1. The molecule has 0 radical (unpaired) electrons. The highest BCUT2D eigenvalue weighted by Gasteiger charge is 1.95. The lowest BCUT2D eigenvalue weighted by Crippen LogP contribution is -1.98. The highest BCUT2D eigenvalue weighted by Crippen LogP contribution is 2.13. The molecule has 1 heterocycles. The van der Waals surface area contributed by atoms with Crippen LogP contribution in [0.25, 0.3) is 0 Å². The lowest BCUT2D eigenvalue weighted by molar-refractivity contribution is 0.295. The highest BCUT2D eigenvalue weighted by molar-refractivity contribution is 6.30. The molecular weight excluding hydrogens is 186 g/mol. The van der Waals surface area contributed by atoms with Crippen molar-refractivity contribution < 1.29 is 4.74 Å². The van der Waals surface area contributed by atoms with Crippen molar-refractivity contribution in [2.45, 2.75) is 26.2 Å². The van der Waals surface area contributed by atoms with E-state index in [1.165, 1.54) is 12.8 Å². The maximum Gasteiger partial charge on any atom is 0.214 e. The van der Waals surface area contributed by atoms with Crippen molar-refractivity contribution in [1.29, 1.82) is 0 Å². The van der Waals surface area contributed by atoms with Gasteiger partial charge in [0.15, 0.2) is 0 Å². The second-order valence-corrected chi connectivity index (χ2v) is 3.30. The molecule has 0 aliphatic rings. The Labute approximate surface area is 83.9 Å². The third-order valence-electron chi connectivity index (χ3n) is 1.69. The van der Waals surface area contributed by atoms with Crippen LogP contribution in [0.5, 0.6) is 5.88 Å². The molecule has 0 N–H and O–H groups in total. The van der Waals surface area contributed by atoms with Gasteiger partial charge < -0.3 is 4.74 Å². The van der Waals surface area contributed by atoms with Crippen LogP contribution in [0.2, 0.25) is 5.02 Å². The summed E-state index contributed by atoms with van der Waals surface area (Å²) in [6.45, 7) is 2.89. The number of hydrogen-bond acceptors (Lipinski definition) is 2. The van der Waals surface area contributed by atoms with Gasteiger partial charge in [0, 0.05) is 17.3 Å². The number of pyridine rings is 1. The quantitative estimate of drug-likeness (QED) is 0.679. The predicted octanol–water partition coefficient (Wildman–Crippen LogP) is 3.30. The molecule has 1 rings (SSSR count). The normalized spacial score (nSPS) is 10.0. The minimum atomic E-state index is 0.614. The Bertz CT molecular complexity index is 252. The van der Waals surface area contributed by atoms with Gasteiger partial charge >= 0.3 is 0 Å². The van der Waals surface area contributed by atoms with Crippen LogP contribution in [0.15, 0.2) is 18.3 Å². The van der Waals surface area contributed by atoms with Crippen LogP contribution in [0.1, 0.15) is 26.2 Å². The van der Waals surface area contributed by atoms with E-state index in [-0.39, 0.29) is 0 Å². The molecule has 0 aliphatic heterocycles. The van der Waals surface area contributed by atoms with Crippen molar-refractivity contribution in [2.24, 2.45) is 0 Å². The van der Waals surface area contributed by atoms with Gasteiger partial charge in [-0.2, -0.15) is 0 Å². The molecule has 13 heavy (non-hydrogen) atoms. The highest BCUT2D eigenvalue weighted by atomic mass is 35.5. The summed E-state index contributed by atoms with van der Waals surface area (Å²) in [4.78, 5) is 4.03. The van der Waals surface area contributed by atoms with E-state index in [0.717, 1.165) is 13.0 Å². The number of halogens is 1. The summed E-state index contributed by atoms with van der Waals surface area (Å²) in [6.07, 6.45) is 5.12. The summed E-state index contributed by atoms with van der Waals surface area (Å²) < 4.78 is 5.39. The molecule has 0 unspecified atom stereocenters. The van der Waals surface area contributed by atoms with Gasteiger partial charge in [-0.15, -0.1) is 0 Å². The van der Waals surface area contributed by atoms with Gasteiger partial charge in [-0.05, 0) is 12.5 Å². The average molecular weight is 200 g/mol. The molecular formula is C10H14ClNO. The largest absolute Gasteiger partial charge is 0.478 e. The Balaban J connectivity index is 2.28. The van der Waals surface area contributed by atoms with Gasteiger partial charge in [-0.1, -0.05) is 31.4 Å². The SMILES string of the molecule is CCCCCOc1cc(Cl)ccn1. The third-order valence-corrected chi connectivity index (χ3v) is 1.93. The van der Waals surface area contributed by atoms with E-state index >= 15 is 0 Å². The van der Waals surface area contributed by atoms with Crippen LogP contribution in [-0.2, 0) is 0 Å². The molecule has 0 spiro atoms. The Kier molecular flexibility index (Phi) is 4.61. The fourth-order valence-corrected chi connectivity index (χ4v) is 1.14. The third kappa shape index (κ3) is 4.13. The van der Waals surface area contributed by atoms with Crippen molar-refractivity contribution >= 4 is 11.6 Å². The van der Waals surface area contributed by atoms with Crippen LogP contribution in [0, 0.1) is 0 Å². The Morgan fingerprint density at radius 2 is 2.31 bits per heavy atom. The first-order valence-electron chi connectivity index (χ1n) is 4.57. The first kappa shape index (κ1) is 10.3. The van der Waals surface area contributed by atoms with Gasteiger partial charge in [0.1, 0.15) is 0 Å². The van der Waals surface area contributed by atoms with Crippen LogP contribution in [0.4, 0.5) is 0 Å². The minimum absolute atomic E-state index is 0.614. The van der Waals surface area contributed by atoms with E-state index in [4.69, 9.17) is 16.3 Å². The lowest BCUT2D eigenvalue weighted by atomic mass is 10.3. The molecule has 0 atom stereocenters. The average Bonchev–Trinajstić information content (AvgIpc) is 2.13. The zero-order valence-electron chi connectivity index (χ0n) is 7.79. The molecule has 1 aromatic heterocycles. The fraction of sp³-hybridized carbons (Fsp3) is 0.500. The van der Waals surface area contributed by atoms with Crippen molar-refractivity contribution in [1.82, 2.24) is 4.98 Å². The number of hydrogen-bond donors (Lipinski definition) is 0. The summed E-state index contributed by atoms with van der Waals surface area (Å²) in [5.41, 5.74) is 0. The Morgan fingerprint density at radius 1 is 1.46 bits per heavy atom.